The van der Waals surface area contributed by atoms with E-state index in [0.717, 1.165) is 27.8 Å². The molecule has 5 rings (SSSR count). The number of nitrogens with one attached hydrogen (secondary N) is 1. The fraction of sp³-hybridized carbons (Fsp3) is 0.200. The minimum Gasteiger partial charge on any atom is -0.489 e. The van der Waals surface area contributed by atoms with Gasteiger partial charge in [0.1, 0.15) is 31.7 Å². The van der Waals surface area contributed by atoms with Gasteiger partial charge in [0.25, 0.3) is 0 Å². The van der Waals surface area contributed by atoms with Crippen LogP contribution in [-0.4, -0.2) is 38.4 Å². The molecule has 1 aliphatic rings. The number of benzene rings is 4. The van der Waals surface area contributed by atoms with Gasteiger partial charge in [-0.25, -0.2) is 9.59 Å². The Morgan fingerprint density at radius 3 is 2.07 bits per heavy atom. The molecule has 0 saturated carbocycles. The van der Waals surface area contributed by atoms with E-state index in [1.54, 1.807) is 24.3 Å². The van der Waals surface area contributed by atoms with Gasteiger partial charge in [0, 0.05) is 13.0 Å². The van der Waals surface area contributed by atoms with Gasteiger partial charge in [-0.2, -0.15) is 0 Å². The highest BCUT2D eigenvalue weighted by molar-refractivity contribution is 5.83. The minimum absolute atomic E-state index is 0.00952. The number of amides is 1. The van der Waals surface area contributed by atoms with E-state index in [1.165, 1.54) is 13.2 Å². The molecule has 2 atom stereocenters. The van der Waals surface area contributed by atoms with Gasteiger partial charge >= 0.3 is 12.1 Å². The van der Waals surface area contributed by atoms with Crippen LogP contribution in [0.1, 0.15) is 34.3 Å². The number of carbonyl (C=O) groups excluding carboxylic acids is 2. The zero-order valence-electron chi connectivity index (χ0n) is 23.4. The summed E-state index contributed by atoms with van der Waals surface area (Å²) in [5, 5.41) is 2.68. The molecule has 1 aliphatic carbocycles. The van der Waals surface area contributed by atoms with Crippen molar-refractivity contribution in [1.82, 2.24) is 5.32 Å². The average molecular weight is 564 g/mol. The molecule has 214 valence electrons. The lowest BCUT2D eigenvalue weighted by molar-refractivity contribution is -0.148. The number of rotatable bonds is 12. The molecule has 0 saturated heterocycles. The Kier molecular flexibility index (Phi) is 9.31. The molecule has 7 heteroatoms. The monoisotopic (exact) mass is 563 g/mol. The Bertz CT molecular complexity index is 1470. The Hall–Kier alpha value is -4.88. The number of ether oxygens (including phenoxy) is 4. The number of carbonyl (C=O) groups is 2. The number of alkyl carbamates (subject to hydrolysis) is 1. The number of methoxy groups -OCH3 is 1. The number of hydrogen-bond donors (Lipinski definition) is 1. The van der Waals surface area contributed by atoms with Gasteiger partial charge in [0.2, 0.25) is 0 Å². The van der Waals surface area contributed by atoms with Crippen molar-refractivity contribution >= 4 is 12.1 Å². The van der Waals surface area contributed by atoms with Crippen molar-refractivity contribution in [2.45, 2.75) is 24.7 Å². The smallest absolute Gasteiger partial charge is 0.407 e. The lowest BCUT2D eigenvalue weighted by Crippen LogP contribution is -2.47. The van der Waals surface area contributed by atoms with Crippen molar-refractivity contribution in [1.29, 1.82) is 0 Å². The van der Waals surface area contributed by atoms with Crippen molar-refractivity contribution in [3.8, 4) is 16.9 Å². The van der Waals surface area contributed by atoms with Crippen molar-refractivity contribution in [2.75, 3.05) is 20.3 Å². The fourth-order valence-electron chi connectivity index (χ4n) is 5.22. The Balaban J connectivity index is 1.28. The number of esters is 1. The maximum absolute atomic E-state index is 13.1. The molecule has 4 aromatic rings. The predicted octanol–water partition coefficient (Wildman–Crippen LogP) is 6.59. The van der Waals surface area contributed by atoms with Gasteiger partial charge < -0.3 is 24.3 Å². The molecule has 7 nitrogen and oxygen atoms in total. The standard InChI is InChI=1S/C35H33NO6/c1-3-21-40-34(37)32(33(39-2)25-17-19-26(20-18-25)41-22-24-11-5-4-6-12-24)36-35(38)42-23-31-29-15-9-7-13-27(29)28-14-8-10-16-30(28)31/h3-20,31-33H,1,21-23H2,2H3,(H,36,38)/t32-,33-/m1/s1. The highest BCUT2D eigenvalue weighted by Crippen LogP contribution is 2.44. The molecule has 0 fully saturated rings. The molecular weight excluding hydrogens is 530 g/mol. The third-order valence-corrected chi connectivity index (χ3v) is 7.23. The van der Waals surface area contributed by atoms with E-state index in [1.807, 2.05) is 66.7 Å². The van der Waals surface area contributed by atoms with Crippen LogP contribution in [0.3, 0.4) is 0 Å². The second kappa shape index (κ2) is 13.7. The molecule has 1 N–H and O–H groups in total. The summed E-state index contributed by atoms with van der Waals surface area (Å²) < 4.78 is 22.6. The van der Waals surface area contributed by atoms with Gasteiger partial charge in [-0.1, -0.05) is 104 Å². The molecule has 0 radical (unpaired) electrons. The van der Waals surface area contributed by atoms with Crippen LogP contribution < -0.4 is 10.1 Å². The third-order valence-electron chi connectivity index (χ3n) is 7.23. The van der Waals surface area contributed by atoms with E-state index in [2.05, 4.69) is 24.0 Å². The van der Waals surface area contributed by atoms with Gasteiger partial charge in [-0.05, 0) is 45.5 Å². The summed E-state index contributed by atoms with van der Waals surface area (Å²) in [4.78, 5) is 26.2. The Morgan fingerprint density at radius 1 is 0.833 bits per heavy atom. The molecule has 0 unspecified atom stereocenters. The summed E-state index contributed by atoms with van der Waals surface area (Å²) in [7, 11) is 1.47. The highest BCUT2D eigenvalue weighted by Gasteiger charge is 2.34. The quantitative estimate of drug-likeness (QED) is 0.155. The van der Waals surface area contributed by atoms with Crippen molar-refractivity contribution in [3.05, 3.63) is 138 Å². The van der Waals surface area contributed by atoms with Crippen LogP contribution in [0.4, 0.5) is 4.79 Å². The molecule has 42 heavy (non-hydrogen) atoms. The number of fused-ring (bicyclic) bond motifs is 3. The van der Waals surface area contributed by atoms with E-state index < -0.39 is 24.2 Å². The SMILES string of the molecule is C=CCOC(=O)[C@H](NC(=O)OCC1c2ccccc2-c2ccccc21)[C@H](OC)c1ccc(OCc2ccccc2)cc1. The summed E-state index contributed by atoms with van der Waals surface area (Å²) in [5.74, 6) is -0.122. The molecule has 0 aromatic heterocycles. The van der Waals surface area contributed by atoms with E-state index >= 15 is 0 Å². The van der Waals surface area contributed by atoms with E-state index in [0.29, 0.717) is 17.9 Å². The molecule has 4 aromatic carbocycles. The first kappa shape index (κ1) is 28.6. The van der Waals surface area contributed by atoms with Crippen molar-refractivity contribution in [2.24, 2.45) is 0 Å². The van der Waals surface area contributed by atoms with Gasteiger partial charge in [-0.3, -0.25) is 0 Å². The summed E-state index contributed by atoms with van der Waals surface area (Å²) in [6, 6.07) is 32.0. The van der Waals surface area contributed by atoms with Crippen LogP contribution in [0, 0.1) is 0 Å². The first-order chi connectivity index (χ1) is 20.6. The largest absolute Gasteiger partial charge is 0.489 e. The zero-order chi connectivity index (χ0) is 29.3. The molecule has 0 spiro atoms. The van der Waals surface area contributed by atoms with E-state index in [4.69, 9.17) is 18.9 Å². The summed E-state index contributed by atoms with van der Waals surface area (Å²) in [5.41, 5.74) is 6.15. The lowest BCUT2D eigenvalue weighted by atomic mass is 9.98. The van der Waals surface area contributed by atoms with Gasteiger partial charge in [0.05, 0.1) is 0 Å². The molecular formula is C35H33NO6. The second-order valence-electron chi connectivity index (χ2n) is 9.87. The minimum atomic E-state index is -1.17. The maximum atomic E-state index is 13.1. The van der Waals surface area contributed by atoms with Crippen LogP contribution in [0.15, 0.2) is 116 Å². The third kappa shape index (κ3) is 6.53. The molecule has 0 aliphatic heterocycles. The molecule has 0 bridgehead atoms. The molecule has 0 heterocycles. The predicted molar refractivity (Wildman–Crippen MR) is 160 cm³/mol. The average Bonchev–Trinajstić information content (AvgIpc) is 3.36. The summed E-state index contributed by atoms with van der Waals surface area (Å²) in [6.45, 7) is 4.13. The fourth-order valence-corrected chi connectivity index (χ4v) is 5.22. The maximum Gasteiger partial charge on any atom is 0.407 e. The van der Waals surface area contributed by atoms with Crippen LogP contribution in [-0.2, 0) is 25.6 Å². The van der Waals surface area contributed by atoms with E-state index in [-0.39, 0.29) is 19.1 Å². The van der Waals surface area contributed by atoms with Crippen LogP contribution >= 0.6 is 0 Å². The first-order valence-corrected chi connectivity index (χ1v) is 13.8. The second-order valence-corrected chi connectivity index (χ2v) is 9.87. The lowest BCUT2D eigenvalue weighted by Gasteiger charge is -2.26. The van der Waals surface area contributed by atoms with Crippen molar-refractivity contribution < 1.29 is 28.5 Å². The van der Waals surface area contributed by atoms with Crippen molar-refractivity contribution in [3.63, 3.8) is 0 Å². The van der Waals surface area contributed by atoms with Crippen LogP contribution in [0.2, 0.25) is 0 Å². The number of hydrogen-bond acceptors (Lipinski definition) is 6. The Labute approximate surface area is 245 Å². The zero-order valence-corrected chi connectivity index (χ0v) is 23.4. The van der Waals surface area contributed by atoms with Gasteiger partial charge in [-0.15, -0.1) is 0 Å². The highest BCUT2D eigenvalue weighted by atomic mass is 16.6. The molecule has 1 amide bonds. The first-order valence-electron chi connectivity index (χ1n) is 13.8. The summed E-state index contributed by atoms with van der Waals surface area (Å²) in [6.07, 6.45) is -0.128. The normalized spacial score (nSPS) is 13.3. The van der Waals surface area contributed by atoms with Crippen LogP contribution in [0.25, 0.3) is 11.1 Å². The van der Waals surface area contributed by atoms with Crippen LogP contribution in [0.5, 0.6) is 5.75 Å². The van der Waals surface area contributed by atoms with E-state index in [9.17, 15) is 9.59 Å². The van der Waals surface area contributed by atoms with Gasteiger partial charge in [0.15, 0.2) is 6.04 Å². The topological polar surface area (TPSA) is 83.1 Å². The Morgan fingerprint density at radius 2 is 1.45 bits per heavy atom. The summed E-state index contributed by atoms with van der Waals surface area (Å²) >= 11 is 0.